The molecule has 90 valence electrons. The van der Waals surface area contributed by atoms with Crippen molar-refractivity contribution in [3.8, 4) is 0 Å². The van der Waals surface area contributed by atoms with Gasteiger partial charge in [-0.3, -0.25) is 4.79 Å². The van der Waals surface area contributed by atoms with E-state index in [2.05, 4.69) is 6.92 Å². The first-order valence-electron chi connectivity index (χ1n) is 5.85. The second-order valence-electron chi connectivity index (χ2n) is 4.03. The lowest BCUT2D eigenvalue weighted by Crippen LogP contribution is -2.19. The molecule has 15 heavy (non-hydrogen) atoms. The van der Waals surface area contributed by atoms with Gasteiger partial charge in [-0.2, -0.15) is 0 Å². The molecule has 0 N–H and O–H groups in total. The summed E-state index contributed by atoms with van der Waals surface area (Å²) in [7, 11) is 0. The Morgan fingerprint density at radius 1 is 1.27 bits per heavy atom. The fraction of sp³-hybridized carbons (Fsp3) is 0.917. The van der Waals surface area contributed by atoms with E-state index >= 15 is 0 Å². The molecule has 0 aliphatic carbocycles. The summed E-state index contributed by atoms with van der Waals surface area (Å²) in [4.78, 5) is 11.2. The van der Waals surface area contributed by atoms with E-state index < -0.39 is 12.1 Å². The Morgan fingerprint density at radius 3 is 2.40 bits per heavy atom. The van der Waals surface area contributed by atoms with Crippen LogP contribution in [0.3, 0.4) is 0 Å². The third kappa shape index (κ3) is 6.93. The number of alkyl halides is 1. The quantitative estimate of drug-likeness (QED) is 0.585. The van der Waals surface area contributed by atoms with Gasteiger partial charge in [-0.05, 0) is 12.7 Å². The summed E-state index contributed by atoms with van der Waals surface area (Å²) in [5.74, 6) is -0.439. The highest BCUT2D eigenvalue weighted by Crippen LogP contribution is 2.20. The Morgan fingerprint density at radius 2 is 1.87 bits per heavy atom. The van der Waals surface area contributed by atoms with Crippen molar-refractivity contribution in [1.29, 1.82) is 0 Å². The maximum atomic E-state index is 13.5. The largest absolute Gasteiger partial charge is 0.287 e. The van der Waals surface area contributed by atoms with Gasteiger partial charge in [0.2, 0.25) is 0 Å². The first-order valence-corrected chi connectivity index (χ1v) is 7.07. The number of hydrogen-bond donors (Lipinski definition) is 0. The van der Waals surface area contributed by atoms with Crippen molar-refractivity contribution >= 4 is 16.9 Å². The number of unbranched alkanes of at least 4 members (excludes halogenated alkanes) is 4. The summed E-state index contributed by atoms with van der Waals surface area (Å²) in [6.45, 7) is 3.85. The molecule has 1 nitrogen and oxygen atoms in total. The van der Waals surface area contributed by atoms with Crippen LogP contribution in [-0.2, 0) is 4.79 Å². The maximum Gasteiger partial charge on any atom is 0.194 e. The Labute approximate surface area is 97.2 Å². The fourth-order valence-electron chi connectivity index (χ4n) is 1.53. The first kappa shape index (κ1) is 14.9. The first-order chi connectivity index (χ1) is 7.13. The zero-order chi connectivity index (χ0) is 11.7. The molecule has 0 spiro atoms. The van der Waals surface area contributed by atoms with Crippen molar-refractivity contribution in [3.63, 3.8) is 0 Å². The Kier molecular flexibility index (Phi) is 9.17. The van der Waals surface area contributed by atoms with Gasteiger partial charge < -0.3 is 0 Å². The number of rotatable bonds is 8. The molecule has 0 heterocycles. The van der Waals surface area contributed by atoms with E-state index in [-0.39, 0.29) is 5.12 Å². The number of thioether (sulfide) groups is 1. The van der Waals surface area contributed by atoms with Gasteiger partial charge in [0.25, 0.3) is 0 Å². The second kappa shape index (κ2) is 9.20. The van der Waals surface area contributed by atoms with Gasteiger partial charge in [0.15, 0.2) is 5.12 Å². The molecule has 0 aliphatic heterocycles. The van der Waals surface area contributed by atoms with E-state index in [1.165, 1.54) is 19.3 Å². The molecule has 0 bridgehead atoms. The van der Waals surface area contributed by atoms with Gasteiger partial charge >= 0.3 is 0 Å². The molecule has 0 aromatic heterocycles. The van der Waals surface area contributed by atoms with Gasteiger partial charge in [-0.25, -0.2) is 4.39 Å². The van der Waals surface area contributed by atoms with Crippen molar-refractivity contribution in [2.45, 2.75) is 58.5 Å². The number of carbonyl (C=O) groups is 1. The molecule has 0 saturated heterocycles. The summed E-state index contributed by atoms with van der Waals surface area (Å²) in [5, 5.41) is -0.0314. The molecule has 0 radical (unpaired) electrons. The lowest BCUT2D eigenvalue weighted by atomic mass is 10.0. The van der Waals surface area contributed by atoms with E-state index in [9.17, 15) is 9.18 Å². The van der Waals surface area contributed by atoms with E-state index in [1.54, 1.807) is 13.2 Å². The molecule has 0 aliphatic rings. The molecule has 0 unspecified atom stereocenters. The van der Waals surface area contributed by atoms with Crippen molar-refractivity contribution in [2.75, 3.05) is 6.26 Å². The van der Waals surface area contributed by atoms with Crippen LogP contribution in [-0.4, -0.2) is 17.5 Å². The average Bonchev–Trinajstić information content (AvgIpc) is 2.26. The second-order valence-corrected chi connectivity index (χ2v) is 4.84. The minimum absolute atomic E-state index is 0.0314. The Hall–Kier alpha value is -0.0500. The van der Waals surface area contributed by atoms with Crippen molar-refractivity contribution < 1.29 is 9.18 Å². The van der Waals surface area contributed by atoms with Crippen molar-refractivity contribution in [3.05, 3.63) is 0 Å². The zero-order valence-electron chi connectivity index (χ0n) is 10.1. The van der Waals surface area contributed by atoms with Gasteiger partial charge in [-0.1, -0.05) is 57.7 Å². The van der Waals surface area contributed by atoms with Crippen LogP contribution < -0.4 is 0 Å². The van der Waals surface area contributed by atoms with Crippen LogP contribution in [0, 0.1) is 5.92 Å². The standard InChI is InChI=1S/C12H23FOS/c1-4-5-6-7-8-9-11(13)10(2)12(14)15-3/h10-11H,4-9H2,1-3H3/t10-,11-/m1/s1. The molecule has 2 atom stereocenters. The average molecular weight is 234 g/mol. The van der Waals surface area contributed by atoms with Crippen LogP contribution in [0.1, 0.15) is 52.4 Å². The van der Waals surface area contributed by atoms with Crippen molar-refractivity contribution in [1.82, 2.24) is 0 Å². The molecular formula is C12H23FOS. The van der Waals surface area contributed by atoms with Crippen LogP contribution >= 0.6 is 11.8 Å². The fourth-order valence-corrected chi connectivity index (χ4v) is 2.05. The maximum absolute atomic E-state index is 13.5. The van der Waals surface area contributed by atoms with E-state index in [0.717, 1.165) is 24.6 Å². The predicted octanol–water partition coefficient (Wildman–Crippen LogP) is 4.21. The zero-order valence-corrected chi connectivity index (χ0v) is 10.9. The predicted molar refractivity (Wildman–Crippen MR) is 66.0 cm³/mol. The van der Waals surface area contributed by atoms with Crippen molar-refractivity contribution in [2.24, 2.45) is 5.92 Å². The molecule has 0 amide bonds. The van der Waals surface area contributed by atoms with E-state index in [1.807, 2.05) is 0 Å². The number of carbonyl (C=O) groups excluding carboxylic acids is 1. The van der Waals surface area contributed by atoms with Crippen LogP contribution in [0.2, 0.25) is 0 Å². The van der Waals surface area contributed by atoms with E-state index in [0.29, 0.717) is 6.42 Å². The monoisotopic (exact) mass is 234 g/mol. The van der Waals surface area contributed by atoms with Gasteiger partial charge in [0, 0.05) is 0 Å². The van der Waals surface area contributed by atoms with Gasteiger partial charge in [-0.15, -0.1) is 0 Å². The van der Waals surface area contributed by atoms with E-state index in [4.69, 9.17) is 0 Å². The molecule has 0 fully saturated rings. The SMILES string of the molecule is CCCCCCC[C@@H](F)[C@@H](C)C(=O)SC. The summed E-state index contributed by atoms with van der Waals surface area (Å²) in [6, 6.07) is 0. The smallest absolute Gasteiger partial charge is 0.194 e. The van der Waals surface area contributed by atoms with Gasteiger partial charge in [0.05, 0.1) is 5.92 Å². The molecule has 0 saturated carbocycles. The summed E-state index contributed by atoms with van der Waals surface area (Å²) in [6.07, 6.45) is 6.93. The Balaban J connectivity index is 3.55. The normalized spacial score (nSPS) is 14.9. The molecule has 3 heteroatoms. The van der Waals surface area contributed by atoms with Gasteiger partial charge in [0.1, 0.15) is 6.17 Å². The van der Waals surface area contributed by atoms with Crippen LogP contribution in [0.5, 0.6) is 0 Å². The lowest BCUT2D eigenvalue weighted by Gasteiger charge is -2.13. The minimum Gasteiger partial charge on any atom is -0.287 e. The topological polar surface area (TPSA) is 17.1 Å². The molecule has 0 rings (SSSR count). The highest BCUT2D eigenvalue weighted by Gasteiger charge is 2.22. The highest BCUT2D eigenvalue weighted by atomic mass is 32.2. The van der Waals surface area contributed by atoms with Crippen LogP contribution in [0.4, 0.5) is 4.39 Å². The summed E-state index contributed by atoms with van der Waals surface area (Å²) >= 11 is 1.13. The minimum atomic E-state index is -0.952. The Bertz CT molecular complexity index is 173. The molecule has 0 aromatic rings. The molecular weight excluding hydrogens is 211 g/mol. The summed E-state index contributed by atoms with van der Waals surface area (Å²) < 4.78 is 13.5. The van der Waals surface area contributed by atoms with Crippen LogP contribution in [0.25, 0.3) is 0 Å². The number of hydrogen-bond acceptors (Lipinski definition) is 2. The number of halogens is 1. The highest BCUT2D eigenvalue weighted by molar-refractivity contribution is 8.13. The lowest BCUT2D eigenvalue weighted by molar-refractivity contribution is -0.115. The molecule has 0 aromatic carbocycles. The third-order valence-electron chi connectivity index (χ3n) is 2.70. The summed E-state index contributed by atoms with van der Waals surface area (Å²) in [5.41, 5.74) is 0. The third-order valence-corrected chi connectivity index (χ3v) is 3.47. The van der Waals surface area contributed by atoms with Crippen LogP contribution in [0.15, 0.2) is 0 Å².